The summed E-state index contributed by atoms with van der Waals surface area (Å²) in [6.45, 7) is 1.95. The molecule has 134 valence electrons. The average molecular weight is 355 g/mol. The summed E-state index contributed by atoms with van der Waals surface area (Å²) >= 11 is 0. The quantitative estimate of drug-likeness (QED) is 0.506. The van der Waals surface area contributed by atoms with Crippen molar-refractivity contribution in [3.63, 3.8) is 0 Å². The zero-order valence-electron chi connectivity index (χ0n) is 14.5. The second-order valence-corrected chi connectivity index (χ2v) is 5.77. The number of hydrazone groups is 1. The van der Waals surface area contributed by atoms with Crippen molar-refractivity contribution in [3.05, 3.63) is 57.3 Å². The molecule has 1 amide bonds. The molecule has 0 bridgehead atoms. The summed E-state index contributed by atoms with van der Waals surface area (Å²) in [6, 6.07) is 3.15. The topological polar surface area (TPSA) is 116 Å². The van der Waals surface area contributed by atoms with Crippen LogP contribution >= 0.6 is 0 Å². The number of nitrogens with zero attached hydrogens (tertiary/aromatic N) is 6. The Bertz CT molecular complexity index is 1120. The Morgan fingerprint density at radius 1 is 1.19 bits per heavy atom. The summed E-state index contributed by atoms with van der Waals surface area (Å²) in [6.07, 6.45) is 4.50. The van der Waals surface area contributed by atoms with E-state index in [0.717, 1.165) is 4.57 Å². The number of fused-ring (bicyclic) bond motifs is 1. The fourth-order valence-electron chi connectivity index (χ4n) is 2.51. The van der Waals surface area contributed by atoms with E-state index < -0.39 is 11.2 Å². The minimum Gasteiger partial charge on any atom is -0.319 e. The Balaban J connectivity index is 1.86. The van der Waals surface area contributed by atoms with Gasteiger partial charge in [-0.05, 0) is 19.1 Å². The zero-order chi connectivity index (χ0) is 18.8. The van der Waals surface area contributed by atoms with Gasteiger partial charge in [-0.3, -0.25) is 23.7 Å². The van der Waals surface area contributed by atoms with E-state index >= 15 is 0 Å². The molecule has 0 fully saturated rings. The fraction of sp³-hybridized carbons (Fsp3) is 0.250. The van der Waals surface area contributed by atoms with Gasteiger partial charge in [0.25, 0.3) is 11.5 Å². The molecule has 0 aliphatic heterocycles. The number of carbonyl (C=O) groups is 1. The van der Waals surface area contributed by atoms with Crippen LogP contribution < -0.4 is 16.7 Å². The molecule has 0 unspecified atom stereocenters. The molecule has 1 N–H and O–H groups in total. The highest BCUT2D eigenvalue weighted by Gasteiger charge is 2.14. The molecule has 0 saturated carbocycles. The van der Waals surface area contributed by atoms with Crippen LogP contribution in [0.5, 0.6) is 0 Å². The Labute approximate surface area is 147 Å². The third-order valence-electron chi connectivity index (χ3n) is 3.91. The molecule has 0 aliphatic carbocycles. The standard InChI is InChI=1S/C16H17N7O3/c1-10(19-20-14(24)11-4-6-17-7-5-11)8-23-9-18-13-12(23)15(25)22(3)16(26)21(13)2/h4-7,9H,8H2,1-3H3,(H,20,24). The number of aryl methyl sites for hydroxylation is 1. The van der Waals surface area contributed by atoms with Crippen molar-refractivity contribution in [1.29, 1.82) is 0 Å². The number of rotatable bonds is 4. The Morgan fingerprint density at radius 3 is 2.58 bits per heavy atom. The van der Waals surface area contributed by atoms with Crippen LogP contribution in [-0.4, -0.2) is 35.3 Å². The lowest BCUT2D eigenvalue weighted by Crippen LogP contribution is -2.37. The molecule has 0 aliphatic rings. The first-order chi connectivity index (χ1) is 12.4. The van der Waals surface area contributed by atoms with Crippen LogP contribution in [0.3, 0.4) is 0 Å². The third-order valence-corrected chi connectivity index (χ3v) is 3.91. The van der Waals surface area contributed by atoms with Gasteiger partial charge in [0, 0.05) is 32.1 Å². The molecule has 3 heterocycles. The molecule has 3 aromatic rings. The molecular formula is C16H17N7O3. The largest absolute Gasteiger partial charge is 0.332 e. The minimum absolute atomic E-state index is 0.237. The van der Waals surface area contributed by atoms with Gasteiger partial charge in [-0.25, -0.2) is 15.2 Å². The molecule has 0 aromatic carbocycles. The highest BCUT2D eigenvalue weighted by atomic mass is 16.2. The summed E-state index contributed by atoms with van der Waals surface area (Å²) < 4.78 is 3.93. The van der Waals surface area contributed by atoms with Crippen LogP contribution in [-0.2, 0) is 20.6 Å². The lowest BCUT2D eigenvalue weighted by Gasteiger charge is -2.07. The predicted octanol–water partition coefficient (Wildman–Crippen LogP) is -0.365. The van der Waals surface area contributed by atoms with Crippen LogP contribution in [0.1, 0.15) is 17.3 Å². The first kappa shape index (κ1) is 17.3. The number of hydrogen-bond donors (Lipinski definition) is 1. The van der Waals surface area contributed by atoms with Gasteiger partial charge in [-0.2, -0.15) is 5.10 Å². The van der Waals surface area contributed by atoms with E-state index in [1.54, 1.807) is 30.7 Å². The van der Waals surface area contributed by atoms with Gasteiger partial charge < -0.3 is 4.57 Å². The summed E-state index contributed by atoms with van der Waals surface area (Å²) in [4.78, 5) is 44.3. The van der Waals surface area contributed by atoms with E-state index in [0.29, 0.717) is 22.4 Å². The van der Waals surface area contributed by atoms with Crippen LogP contribution in [0, 0.1) is 0 Å². The molecule has 0 saturated heterocycles. The first-order valence-corrected chi connectivity index (χ1v) is 7.74. The van der Waals surface area contributed by atoms with Crippen molar-refractivity contribution < 1.29 is 4.79 Å². The number of amides is 1. The maximum absolute atomic E-state index is 12.4. The number of hydrogen-bond acceptors (Lipinski definition) is 6. The normalized spacial score (nSPS) is 11.7. The summed E-state index contributed by atoms with van der Waals surface area (Å²) in [5.74, 6) is -0.361. The fourth-order valence-corrected chi connectivity index (χ4v) is 2.51. The molecule has 26 heavy (non-hydrogen) atoms. The summed E-state index contributed by atoms with van der Waals surface area (Å²) in [7, 11) is 2.97. The molecule has 0 spiro atoms. The van der Waals surface area contributed by atoms with Crippen LogP contribution in [0.4, 0.5) is 0 Å². The van der Waals surface area contributed by atoms with Crippen molar-refractivity contribution in [2.75, 3.05) is 0 Å². The Hall–Kier alpha value is -3.56. The van der Waals surface area contributed by atoms with Gasteiger partial charge in [0.05, 0.1) is 18.6 Å². The smallest absolute Gasteiger partial charge is 0.319 e. The predicted molar refractivity (Wildman–Crippen MR) is 95.0 cm³/mol. The van der Waals surface area contributed by atoms with Crippen molar-refractivity contribution in [1.82, 2.24) is 29.1 Å². The van der Waals surface area contributed by atoms with Crippen LogP contribution in [0.2, 0.25) is 0 Å². The maximum Gasteiger partial charge on any atom is 0.332 e. The van der Waals surface area contributed by atoms with E-state index in [9.17, 15) is 14.4 Å². The maximum atomic E-state index is 12.4. The highest BCUT2D eigenvalue weighted by Crippen LogP contribution is 2.05. The third kappa shape index (κ3) is 3.04. The SMILES string of the molecule is CC(Cn1cnc2c1c(=O)n(C)c(=O)n2C)=NNC(=O)c1ccncc1. The van der Waals surface area contributed by atoms with E-state index in [-0.39, 0.29) is 12.5 Å². The Morgan fingerprint density at radius 2 is 1.88 bits per heavy atom. The second kappa shape index (κ2) is 6.75. The van der Waals surface area contributed by atoms with Crippen molar-refractivity contribution in [3.8, 4) is 0 Å². The van der Waals surface area contributed by atoms with E-state index in [1.165, 1.54) is 30.3 Å². The van der Waals surface area contributed by atoms with Crippen LogP contribution in [0.15, 0.2) is 45.5 Å². The van der Waals surface area contributed by atoms with Crippen LogP contribution in [0.25, 0.3) is 11.2 Å². The van der Waals surface area contributed by atoms with Gasteiger partial charge in [0.1, 0.15) is 0 Å². The molecule has 3 aromatic heterocycles. The number of aromatic nitrogens is 5. The zero-order valence-corrected chi connectivity index (χ0v) is 14.5. The number of pyridine rings is 1. The van der Waals surface area contributed by atoms with Crippen molar-refractivity contribution >= 4 is 22.8 Å². The highest BCUT2D eigenvalue weighted by molar-refractivity contribution is 5.95. The Kier molecular flexibility index (Phi) is 4.48. The molecule has 3 rings (SSSR count). The molecule has 0 atom stereocenters. The second-order valence-electron chi connectivity index (χ2n) is 5.77. The summed E-state index contributed by atoms with van der Waals surface area (Å²) in [5, 5.41) is 4.04. The number of imidazole rings is 1. The lowest BCUT2D eigenvalue weighted by molar-refractivity contribution is 0.0954. The first-order valence-electron chi connectivity index (χ1n) is 7.74. The van der Waals surface area contributed by atoms with E-state index in [2.05, 4.69) is 20.5 Å². The van der Waals surface area contributed by atoms with Gasteiger partial charge in [-0.15, -0.1) is 0 Å². The molecular weight excluding hydrogens is 338 g/mol. The summed E-state index contributed by atoms with van der Waals surface area (Å²) in [5.41, 5.74) is 3.17. The molecule has 10 heteroatoms. The minimum atomic E-state index is -0.442. The van der Waals surface area contributed by atoms with E-state index in [1.807, 2.05) is 0 Å². The molecule has 0 radical (unpaired) electrons. The lowest BCUT2D eigenvalue weighted by atomic mass is 10.3. The number of carbonyl (C=O) groups excluding carboxylic acids is 1. The number of nitrogens with one attached hydrogen (secondary N) is 1. The van der Waals surface area contributed by atoms with E-state index in [4.69, 9.17) is 0 Å². The van der Waals surface area contributed by atoms with Crippen molar-refractivity contribution in [2.45, 2.75) is 13.5 Å². The van der Waals surface area contributed by atoms with Gasteiger partial charge in [-0.1, -0.05) is 0 Å². The molecule has 10 nitrogen and oxygen atoms in total. The van der Waals surface area contributed by atoms with Gasteiger partial charge in [0.2, 0.25) is 0 Å². The monoisotopic (exact) mass is 355 g/mol. The van der Waals surface area contributed by atoms with Gasteiger partial charge in [0.15, 0.2) is 11.2 Å². The van der Waals surface area contributed by atoms with Crippen molar-refractivity contribution in [2.24, 2.45) is 19.2 Å². The average Bonchev–Trinajstić information content (AvgIpc) is 3.07. The van der Waals surface area contributed by atoms with Gasteiger partial charge >= 0.3 is 5.69 Å².